The zero-order valence-electron chi connectivity index (χ0n) is 14.4. The van der Waals surface area contributed by atoms with Gasteiger partial charge in [-0.15, -0.1) is 0 Å². The van der Waals surface area contributed by atoms with Gasteiger partial charge in [0.25, 0.3) is 10.0 Å². The highest BCUT2D eigenvalue weighted by Gasteiger charge is 2.37. The topological polar surface area (TPSA) is 83.9 Å². The first kappa shape index (κ1) is 18.0. The summed E-state index contributed by atoms with van der Waals surface area (Å²) in [5.74, 6) is -0.888. The van der Waals surface area contributed by atoms with Gasteiger partial charge in [0.15, 0.2) is 0 Å². The second-order valence-electron chi connectivity index (χ2n) is 6.06. The third-order valence-electron chi connectivity index (χ3n) is 4.29. The number of carbonyl (C=O) groups is 1. The van der Waals surface area contributed by atoms with Crippen LogP contribution in [0.3, 0.4) is 0 Å². The minimum absolute atomic E-state index is 0.0103. The molecule has 2 aromatic carbocycles. The van der Waals surface area contributed by atoms with E-state index in [0.29, 0.717) is 17.7 Å². The summed E-state index contributed by atoms with van der Waals surface area (Å²) in [7, 11) is -2.47. The van der Waals surface area contributed by atoms with E-state index in [9.17, 15) is 13.2 Å². The van der Waals surface area contributed by atoms with Gasteiger partial charge in [0.05, 0.1) is 12.8 Å². The van der Waals surface area contributed by atoms with Crippen LogP contribution in [0.5, 0.6) is 5.75 Å². The van der Waals surface area contributed by atoms with Gasteiger partial charge in [-0.3, -0.25) is 4.31 Å². The van der Waals surface area contributed by atoms with E-state index in [1.165, 1.54) is 29.6 Å². The fraction of sp³-hybridized carbons (Fsp3) is 0.211. The summed E-state index contributed by atoms with van der Waals surface area (Å²) in [6, 6.07) is 11.8. The van der Waals surface area contributed by atoms with E-state index in [1.807, 2.05) is 25.1 Å². The zero-order chi connectivity index (χ0) is 18.9. The van der Waals surface area contributed by atoms with E-state index >= 15 is 0 Å². The summed E-state index contributed by atoms with van der Waals surface area (Å²) in [5, 5.41) is 8.78. The molecule has 0 fully saturated rings. The number of anilines is 1. The molecule has 0 aliphatic carbocycles. The Morgan fingerprint density at radius 3 is 2.69 bits per heavy atom. The van der Waals surface area contributed by atoms with E-state index in [1.54, 1.807) is 12.1 Å². The van der Waals surface area contributed by atoms with Gasteiger partial charge in [0, 0.05) is 12.1 Å². The number of hydrogen-bond donors (Lipinski definition) is 1. The third-order valence-corrected chi connectivity index (χ3v) is 6.24. The molecule has 0 saturated heterocycles. The molecule has 0 radical (unpaired) electrons. The van der Waals surface area contributed by atoms with Crippen LogP contribution in [0.2, 0.25) is 0 Å². The number of hydrogen-bond acceptors (Lipinski definition) is 4. The first-order valence-electron chi connectivity index (χ1n) is 8.06. The number of rotatable bonds is 5. The number of fused-ring (bicyclic) bond motifs is 1. The molecule has 0 amide bonds. The Hall–Kier alpha value is -2.80. The molecule has 0 bridgehead atoms. The molecule has 7 heteroatoms. The summed E-state index contributed by atoms with van der Waals surface area (Å²) >= 11 is 0. The molecule has 3 rings (SSSR count). The highest BCUT2D eigenvalue weighted by molar-refractivity contribution is 7.93. The Balaban J connectivity index is 2.12. The van der Waals surface area contributed by atoms with E-state index in [4.69, 9.17) is 9.84 Å². The highest BCUT2D eigenvalue weighted by atomic mass is 32.2. The first-order valence-corrected chi connectivity index (χ1v) is 9.50. The average Bonchev–Trinajstić information content (AvgIpc) is 2.96. The van der Waals surface area contributed by atoms with Crippen molar-refractivity contribution in [1.82, 2.24) is 0 Å². The fourth-order valence-corrected chi connectivity index (χ4v) is 5.06. The van der Waals surface area contributed by atoms with Gasteiger partial charge in [0.2, 0.25) is 0 Å². The van der Waals surface area contributed by atoms with Gasteiger partial charge in [-0.1, -0.05) is 24.3 Å². The molecule has 1 atom stereocenters. The summed E-state index contributed by atoms with van der Waals surface area (Å²) in [6.45, 7) is 1.86. The maximum atomic E-state index is 13.4. The van der Waals surface area contributed by atoms with Crippen LogP contribution < -0.4 is 9.04 Å². The summed E-state index contributed by atoms with van der Waals surface area (Å²) in [6.07, 6.45) is 2.95. The second kappa shape index (κ2) is 6.84. The number of benzene rings is 2. The predicted molar refractivity (Wildman–Crippen MR) is 98.9 cm³/mol. The van der Waals surface area contributed by atoms with Gasteiger partial charge < -0.3 is 9.84 Å². The molecular weight excluding hydrogens is 354 g/mol. The number of carboxylic acid groups (broad SMARTS) is 1. The molecule has 1 unspecified atom stereocenters. The molecule has 1 aliphatic heterocycles. The maximum absolute atomic E-state index is 13.4. The maximum Gasteiger partial charge on any atom is 0.328 e. The van der Waals surface area contributed by atoms with Crippen molar-refractivity contribution in [2.75, 3.05) is 11.4 Å². The Labute approximate surface area is 152 Å². The Morgan fingerprint density at radius 1 is 1.27 bits per heavy atom. The average molecular weight is 373 g/mol. The second-order valence-corrected chi connectivity index (χ2v) is 7.85. The minimum Gasteiger partial charge on any atom is -0.495 e. The summed E-state index contributed by atoms with van der Waals surface area (Å²) in [5.41, 5.74) is 2.10. The quantitative estimate of drug-likeness (QED) is 0.815. The monoisotopic (exact) mass is 373 g/mol. The molecule has 0 spiro atoms. The van der Waals surface area contributed by atoms with Gasteiger partial charge in [0.1, 0.15) is 10.6 Å². The first-order chi connectivity index (χ1) is 12.3. The van der Waals surface area contributed by atoms with Crippen LogP contribution in [0, 0.1) is 0 Å². The number of ether oxygens (including phenoxy) is 1. The van der Waals surface area contributed by atoms with Gasteiger partial charge >= 0.3 is 5.97 Å². The van der Waals surface area contributed by atoms with E-state index < -0.39 is 16.0 Å². The molecule has 1 aliphatic rings. The third kappa shape index (κ3) is 3.17. The van der Waals surface area contributed by atoms with Crippen molar-refractivity contribution in [3.63, 3.8) is 0 Å². The van der Waals surface area contributed by atoms with Crippen LogP contribution in [0.15, 0.2) is 53.4 Å². The predicted octanol–water partition coefficient (Wildman–Crippen LogP) is 2.93. The van der Waals surface area contributed by atoms with E-state index in [-0.39, 0.29) is 16.7 Å². The number of methoxy groups -OCH3 is 1. The normalized spacial score (nSPS) is 16.7. The lowest BCUT2D eigenvalue weighted by molar-refractivity contribution is -0.131. The van der Waals surface area contributed by atoms with Crippen molar-refractivity contribution in [2.24, 2.45) is 0 Å². The van der Waals surface area contributed by atoms with Crippen LogP contribution in [0.1, 0.15) is 18.1 Å². The number of sulfonamides is 1. The van der Waals surface area contributed by atoms with Crippen LogP contribution in [0.25, 0.3) is 6.08 Å². The Morgan fingerprint density at radius 2 is 2.00 bits per heavy atom. The smallest absolute Gasteiger partial charge is 0.328 e. The highest BCUT2D eigenvalue weighted by Crippen LogP contribution is 2.39. The molecule has 6 nitrogen and oxygen atoms in total. The van der Waals surface area contributed by atoms with Crippen molar-refractivity contribution in [3.05, 3.63) is 59.7 Å². The van der Waals surface area contributed by atoms with Crippen molar-refractivity contribution in [1.29, 1.82) is 0 Å². The number of para-hydroxylation sites is 1. The van der Waals surface area contributed by atoms with Crippen LogP contribution >= 0.6 is 0 Å². The van der Waals surface area contributed by atoms with Crippen molar-refractivity contribution >= 4 is 27.8 Å². The molecule has 1 N–H and O–H groups in total. The standard InChI is InChI=1S/C19H19NO5S/c1-13-11-15-5-3-4-6-16(15)20(13)26(23,24)18-12-14(8-10-19(21)22)7-9-17(18)25-2/h3-10,12-13H,11H2,1-2H3,(H,21,22). The molecule has 26 heavy (non-hydrogen) atoms. The SMILES string of the molecule is COc1ccc(C=CC(=O)O)cc1S(=O)(=O)N1c2ccccc2CC1C. The lowest BCUT2D eigenvalue weighted by atomic mass is 10.1. The van der Waals surface area contributed by atoms with Gasteiger partial charge in [-0.25, -0.2) is 13.2 Å². The molecule has 0 aromatic heterocycles. The lowest BCUT2D eigenvalue weighted by Crippen LogP contribution is -2.36. The van der Waals surface area contributed by atoms with Gasteiger partial charge in [-0.05, 0) is 48.7 Å². The van der Waals surface area contributed by atoms with E-state index in [2.05, 4.69) is 0 Å². The Bertz CT molecular complexity index is 981. The molecule has 2 aromatic rings. The summed E-state index contributed by atoms with van der Waals surface area (Å²) < 4.78 is 33.4. The van der Waals surface area contributed by atoms with Gasteiger partial charge in [-0.2, -0.15) is 0 Å². The van der Waals surface area contributed by atoms with Crippen molar-refractivity contribution < 1.29 is 23.1 Å². The number of carboxylic acids is 1. The fourth-order valence-electron chi connectivity index (χ4n) is 3.18. The molecule has 1 heterocycles. The molecule has 0 saturated carbocycles. The van der Waals surface area contributed by atoms with Crippen LogP contribution in [-0.2, 0) is 21.2 Å². The van der Waals surface area contributed by atoms with Crippen LogP contribution in [-0.4, -0.2) is 32.6 Å². The number of nitrogens with zero attached hydrogens (tertiary/aromatic N) is 1. The van der Waals surface area contributed by atoms with E-state index in [0.717, 1.165) is 11.6 Å². The summed E-state index contributed by atoms with van der Waals surface area (Å²) in [4.78, 5) is 10.7. The number of aliphatic carboxylic acids is 1. The zero-order valence-corrected chi connectivity index (χ0v) is 15.2. The van der Waals surface area contributed by atoms with Crippen molar-refractivity contribution in [2.45, 2.75) is 24.3 Å². The Kier molecular flexibility index (Phi) is 4.73. The van der Waals surface area contributed by atoms with Crippen LogP contribution in [0.4, 0.5) is 5.69 Å². The largest absolute Gasteiger partial charge is 0.495 e. The minimum atomic E-state index is -3.88. The lowest BCUT2D eigenvalue weighted by Gasteiger charge is -2.25. The van der Waals surface area contributed by atoms with Crippen molar-refractivity contribution in [3.8, 4) is 5.75 Å². The molecule has 136 valence electrons. The molecular formula is C19H19NO5S.